The fraction of sp³-hybridized carbons (Fsp3) is 0.240. The van der Waals surface area contributed by atoms with Crippen molar-refractivity contribution in [2.24, 2.45) is 0 Å². The number of ether oxygens (including phenoxy) is 1. The summed E-state index contributed by atoms with van der Waals surface area (Å²) in [6.07, 6.45) is 4.77. The van der Waals surface area contributed by atoms with Crippen molar-refractivity contribution in [2.45, 2.75) is 33.2 Å². The van der Waals surface area contributed by atoms with Crippen LogP contribution in [0.2, 0.25) is 0 Å². The zero-order valence-corrected chi connectivity index (χ0v) is 17.8. The summed E-state index contributed by atoms with van der Waals surface area (Å²) in [5, 5.41) is 2.98. The minimum Gasteiger partial charge on any atom is -0.494 e. The molecule has 0 aliphatic carbocycles. The SMILES string of the molecule is CCOc1ccc(-n2cnc3cc(CC(=O)NCc4ccc(CC)cc4)cnc32)cc1. The number of hydrogen-bond donors (Lipinski definition) is 1. The summed E-state index contributed by atoms with van der Waals surface area (Å²) in [6.45, 7) is 5.24. The molecule has 1 amide bonds. The van der Waals surface area contributed by atoms with Gasteiger partial charge in [0.2, 0.25) is 5.91 Å². The Bertz CT molecular complexity index is 1160. The molecule has 6 heteroatoms. The fourth-order valence-corrected chi connectivity index (χ4v) is 3.44. The van der Waals surface area contributed by atoms with Crippen molar-refractivity contribution >= 4 is 17.1 Å². The van der Waals surface area contributed by atoms with Crippen molar-refractivity contribution in [1.29, 1.82) is 0 Å². The molecule has 0 unspecified atom stereocenters. The third kappa shape index (κ3) is 4.91. The monoisotopic (exact) mass is 414 g/mol. The number of fused-ring (bicyclic) bond motifs is 1. The number of hydrogen-bond acceptors (Lipinski definition) is 4. The van der Waals surface area contributed by atoms with Gasteiger partial charge in [-0.15, -0.1) is 0 Å². The van der Waals surface area contributed by atoms with E-state index < -0.39 is 0 Å². The lowest BCUT2D eigenvalue weighted by Gasteiger charge is -2.08. The first-order chi connectivity index (χ1) is 15.2. The van der Waals surface area contributed by atoms with E-state index >= 15 is 0 Å². The van der Waals surface area contributed by atoms with Gasteiger partial charge in [0, 0.05) is 18.4 Å². The second-order valence-electron chi connectivity index (χ2n) is 7.35. The lowest BCUT2D eigenvalue weighted by molar-refractivity contribution is -0.120. The topological polar surface area (TPSA) is 69.0 Å². The van der Waals surface area contributed by atoms with Crippen LogP contribution in [0.4, 0.5) is 0 Å². The summed E-state index contributed by atoms with van der Waals surface area (Å²) in [7, 11) is 0. The number of carbonyl (C=O) groups is 1. The number of carbonyl (C=O) groups excluding carboxylic acids is 1. The zero-order chi connectivity index (χ0) is 21.6. The third-order valence-electron chi connectivity index (χ3n) is 5.16. The minimum absolute atomic E-state index is 0.0355. The highest BCUT2D eigenvalue weighted by molar-refractivity contribution is 5.80. The average Bonchev–Trinajstić information content (AvgIpc) is 3.22. The van der Waals surface area contributed by atoms with Crippen LogP contribution in [-0.2, 0) is 24.2 Å². The number of rotatable bonds is 8. The predicted molar refractivity (Wildman–Crippen MR) is 121 cm³/mol. The normalized spacial score (nSPS) is 10.9. The van der Waals surface area contributed by atoms with Gasteiger partial charge in [0.1, 0.15) is 17.6 Å². The van der Waals surface area contributed by atoms with Gasteiger partial charge < -0.3 is 10.1 Å². The van der Waals surface area contributed by atoms with Crippen molar-refractivity contribution in [3.05, 3.63) is 83.8 Å². The lowest BCUT2D eigenvalue weighted by atomic mass is 10.1. The van der Waals surface area contributed by atoms with Crippen molar-refractivity contribution in [1.82, 2.24) is 19.9 Å². The number of benzene rings is 2. The molecule has 0 spiro atoms. The standard InChI is InChI=1S/C25H26N4O2/c1-3-18-5-7-19(8-6-18)15-26-24(30)14-20-13-23-25(27-16-20)29(17-28-23)21-9-11-22(12-10-21)31-4-2/h5-13,16-17H,3-4,14-15H2,1-2H3,(H,26,30). The van der Waals surface area contributed by atoms with E-state index in [1.807, 2.05) is 41.8 Å². The zero-order valence-electron chi connectivity index (χ0n) is 17.8. The van der Waals surface area contributed by atoms with Crippen LogP contribution in [0.25, 0.3) is 16.9 Å². The molecule has 0 saturated heterocycles. The van der Waals surface area contributed by atoms with Crippen molar-refractivity contribution in [3.8, 4) is 11.4 Å². The van der Waals surface area contributed by atoms with Gasteiger partial charge in [-0.1, -0.05) is 31.2 Å². The summed E-state index contributed by atoms with van der Waals surface area (Å²) in [4.78, 5) is 21.4. The Labute approximate surface area is 181 Å². The van der Waals surface area contributed by atoms with E-state index in [9.17, 15) is 4.79 Å². The smallest absolute Gasteiger partial charge is 0.224 e. The Morgan fingerprint density at radius 1 is 0.968 bits per heavy atom. The first kappa shape index (κ1) is 20.6. The van der Waals surface area contributed by atoms with Gasteiger partial charge in [-0.2, -0.15) is 0 Å². The number of nitrogens with zero attached hydrogens (tertiary/aromatic N) is 3. The molecule has 2 aromatic carbocycles. The predicted octanol–water partition coefficient (Wildman–Crippen LogP) is 4.24. The maximum absolute atomic E-state index is 12.4. The Morgan fingerprint density at radius 2 is 1.71 bits per heavy atom. The van der Waals surface area contributed by atoms with Crippen LogP contribution in [-0.4, -0.2) is 27.0 Å². The number of amides is 1. The summed E-state index contributed by atoms with van der Waals surface area (Å²) in [5.74, 6) is 0.796. The molecule has 158 valence electrons. The maximum atomic E-state index is 12.4. The van der Waals surface area contributed by atoms with Crippen LogP contribution in [0, 0.1) is 0 Å². The van der Waals surface area contributed by atoms with Crippen LogP contribution in [0.1, 0.15) is 30.5 Å². The summed E-state index contributed by atoms with van der Waals surface area (Å²) in [6, 6.07) is 18.0. The number of imidazole rings is 1. The Morgan fingerprint density at radius 3 is 2.42 bits per heavy atom. The molecule has 31 heavy (non-hydrogen) atoms. The molecule has 6 nitrogen and oxygen atoms in total. The lowest BCUT2D eigenvalue weighted by Crippen LogP contribution is -2.24. The minimum atomic E-state index is -0.0355. The Kier molecular flexibility index (Phi) is 6.26. The van der Waals surface area contributed by atoms with E-state index in [2.05, 4.69) is 46.5 Å². The molecule has 0 saturated carbocycles. The highest BCUT2D eigenvalue weighted by Crippen LogP contribution is 2.20. The number of aryl methyl sites for hydroxylation is 1. The molecule has 0 aliphatic rings. The Hall–Kier alpha value is -3.67. The van der Waals surface area contributed by atoms with E-state index in [4.69, 9.17) is 4.74 Å². The van der Waals surface area contributed by atoms with Gasteiger partial charge in [-0.25, -0.2) is 9.97 Å². The molecular weight excluding hydrogens is 388 g/mol. The Balaban J connectivity index is 1.41. The van der Waals surface area contributed by atoms with Gasteiger partial charge in [-0.3, -0.25) is 9.36 Å². The second kappa shape index (κ2) is 9.43. The molecule has 2 heterocycles. The summed E-state index contributed by atoms with van der Waals surface area (Å²) >= 11 is 0. The highest BCUT2D eigenvalue weighted by Gasteiger charge is 2.10. The highest BCUT2D eigenvalue weighted by atomic mass is 16.5. The van der Waals surface area contributed by atoms with Crippen LogP contribution >= 0.6 is 0 Å². The third-order valence-corrected chi connectivity index (χ3v) is 5.16. The van der Waals surface area contributed by atoms with Gasteiger partial charge >= 0.3 is 0 Å². The molecule has 4 aromatic rings. The van der Waals surface area contributed by atoms with Crippen molar-refractivity contribution in [3.63, 3.8) is 0 Å². The molecule has 4 rings (SSSR count). The average molecular weight is 415 g/mol. The van der Waals surface area contributed by atoms with Crippen LogP contribution < -0.4 is 10.1 Å². The van der Waals surface area contributed by atoms with Crippen molar-refractivity contribution < 1.29 is 9.53 Å². The van der Waals surface area contributed by atoms with E-state index in [1.54, 1.807) is 12.5 Å². The van der Waals surface area contributed by atoms with Gasteiger partial charge in [0.05, 0.1) is 13.0 Å². The number of pyridine rings is 1. The van der Waals surface area contributed by atoms with E-state index in [-0.39, 0.29) is 12.3 Å². The quantitative estimate of drug-likeness (QED) is 0.468. The van der Waals surface area contributed by atoms with E-state index in [0.29, 0.717) is 13.2 Å². The van der Waals surface area contributed by atoms with Gasteiger partial charge in [0.15, 0.2) is 5.65 Å². The second-order valence-corrected chi connectivity index (χ2v) is 7.35. The fourth-order valence-electron chi connectivity index (χ4n) is 3.44. The largest absolute Gasteiger partial charge is 0.494 e. The van der Waals surface area contributed by atoms with Gasteiger partial charge in [-0.05, 0) is 60.4 Å². The molecule has 0 radical (unpaired) electrons. The molecule has 0 bridgehead atoms. The molecule has 0 atom stereocenters. The van der Waals surface area contributed by atoms with Gasteiger partial charge in [0.25, 0.3) is 0 Å². The molecular formula is C25H26N4O2. The number of aromatic nitrogens is 3. The summed E-state index contributed by atoms with van der Waals surface area (Å²) < 4.78 is 7.42. The maximum Gasteiger partial charge on any atom is 0.224 e. The number of nitrogens with one attached hydrogen (secondary N) is 1. The van der Waals surface area contributed by atoms with Crippen LogP contribution in [0.5, 0.6) is 5.75 Å². The molecule has 1 N–H and O–H groups in total. The molecule has 2 aromatic heterocycles. The van der Waals surface area contributed by atoms with Crippen LogP contribution in [0.3, 0.4) is 0 Å². The van der Waals surface area contributed by atoms with E-state index in [1.165, 1.54) is 5.56 Å². The first-order valence-electron chi connectivity index (χ1n) is 10.6. The summed E-state index contributed by atoms with van der Waals surface area (Å²) in [5.41, 5.74) is 5.69. The molecule has 0 aliphatic heterocycles. The molecule has 0 fully saturated rings. The van der Waals surface area contributed by atoms with E-state index in [0.717, 1.165) is 40.1 Å². The van der Waals surface area contributed by atoms with Crippen molar-refractivity contribution in [2.75, 3.05) is 6.61 Å². The first-order valence-corrected chi connectivity index (χ1v) is 10.6. The van der Waals surface area contributed by atoms with Crippen LogP contribution in [0.15, 0.2) is 67.1 Å².